The highest BCUT2D eigenvalue weighted by molar-refractivity contribution is 6.33. The van der Waals surface area contributed by atoms with Crippen molar-refractivity contribution in [3.05, 3.63) is 94.4 Å². The van der Waals surface area contributed by atoms with Gasteiger partial charge in [0.05, 0.1) is 6.54 Å². The van der Waals surface area contributed by atoms with E-state index in [0.29, 0.717) is 22.4 Å². The van der Waals surface area contributed by atoms with E-state index in [2.05, 4.69) is 30.9 Å². The molecule has 0 saturated heterocycles. The van der Waals surface area contributed by atoms with E-state index in [4.69, 9.17) is 23.2 Å². The molecule has 0 radical (unpaired) electrons. The van der Waals surface area contributed by atoms with Gasteiger partial charge in [-0.25, -0.2) is 4.68 Å². The van der Waals surface area contributed by atoms with Gasteiger partial charge in [0.1, 0.15) is 5.02 Å². The Morgan fingerprint density at radius 1 is 0.882 bits per heavy atom. The minimum atomic E-state index is -0.444. The first-order valence-corrected chi connectivity index (χ1v) is 10.9. The summed E-state index contributed by atoms with van der Waals surface area (Å²) in [7, 11) is 0. The zero-order chi connectivity index (χ0) is 23.5. The van der Waals surface area contributed by atoms with Gasteiger partial charge in [0.2, 0.25) is 5.82 Å². The summed E-state index contributed by atoms with van der Waals surface area (Å²) in [6.07, 6.45) is 3.28. The molecule has 0 aliphatic carbocycles. The van der Waals surface area contributed by atoms with Gasteiger partial charge in [-0.15, -0.1) is 15.0 Å². The molecule has 0 saturated carbocycles. The van der Waals surface area contributed by atoms with E-state index in [9.17, 15) is 4.79 Å². The fraction of sp³-hybridized carbons (Fsp3) is 0.0909. The normalized spacial score (nSPS) is 11.0. The predicted molar refractivity (Wildman–Crippen MR) is 127 cm³/mol. The standard InChI is InChI=1S/C22H17Cl2N9O/c23-17-9-5-4-8-16(17)12-32-13-18(24)21(28-32)25-22(34)19-10-11-31(27-19)14-33-29-20(26-30-33)15-6-2-1-3-7-15/h1-11,13H,12,14H2,(H,25,28,34). The molecule has 0 bridgehead atoms. The van der Waals surface area contributed by atoms with Crippen LogP contribution in [0.4, 0.5) is 5.82 Å². The lowest BCUT2D eigenvalue weighted by Crippen LogP contribution is -2.16. The zero-order valence-corrected chi connectivity index (χ0v) is 19.1. The van der Waals surface area contributed by atoms with Gasteiger partial charge in [-0.1, -0.05) is 71.7 Å². The highest BCUT2D eigenvalue weighted by atomic mass is 35.5. The van der Waals surface area contributed by atoms with Gasteiger partial charge < -0.3 is 5.32 Å². The second-order valence-electron chi connectivity index (χ2n) is 7.30. The number of carbonyl (C=O) groups is 1. The van der Waals surface area contributed by atoms with Gasteiger partial charge in [0.15, 0.2) is 18.2 Å². The molecule has 5 aromatic rings. The van der Waals surface area contributed by atoms with Crippen LogP contribution in [0.25, 0.3) is 11.4 Å². The number of halogens is 2. The van der Waals surface area contributed by atoms with Gasteiger partial charge in [-0.3, -0.25) is 9.48 Å². The summed E-state index contributed by atoms with van der Waals surface area (Å²) in [6, 6.07) is 18.6. The molecular formula is C22H17Cl2N9O. The number of amides is 1. The lowest BCUT2D eigenvalue weighted by Gasteiger charge is -2.04. The zero-order valence-electron chi connectivity index (χ0n) is 17.6. The molecule has 10 nitrogen and oxygen atoms in total. The van der Waals surface area contributed by atoms with Crippen LogP contribution < -0.4 is 5.32 Å². The topological polar surface area (TPSA) is 108 Å². The molecule has 1 N–H and O–H groups in total. The molecule has 2 aromatic carbocycles. The van der Waals surface area contributed by atoms with Crippen LogP contribution in [0.2, 0.25) is 10.0 Å². The molecule has 170 valence electrons. The van der Waals surface area contributed by atoms with Gasteiger partial charge in [0.25, 0.3) is 5.91 Å². The third-order valence-corrected chi connectivity index (χ3v) is 5.51. The SMILES string of the molecule is O=C(Nc1nn(Cc2ccccc2Cl)cc1Cl)c1ccn(Cn2nnc(-c3ccccc3)n2)n1. The summed E-state index contributed by atoms with van der Waals surface area (Å²) < 4.78 is 3.14. The molecule has 3 heterocycles. The van der Waals surface area contributed by atoms with Crippen molar-refractivity contribution in [2.24, 2.45) is 0 Å². The average molecular weight is 494 g/mol. The van der Waals surface area contributed by atoms with E-state index < -0.39 is 5.91 Å². The fourth-order valence-electron chi connectivity index (χ4n) is 3.23. The number of tetrazole rings is 1. The van der Waals surface area contributed by atoms with Gasteiger partial charge in [-0.2, -0.15) is 10.2 Å². The number of nitrogens with one attached hydrogen (secondary N) is 1. The third-order valence-electron chi connectivity index (χ3n) is 4.87. The van der Waals surface area contributed by atoms with Crippen LogP contribution in [0.1, 0.15) is 16.1 Å². The Morgan fingerprint density at radius 3 is 2.50 bits per heavy atom. The van der Waals surface area contributed by atoms with Crippen molar-refractivity contribution in [1.29, 1.82) is 0 Å². The van der Waals surface area contributed by atoms with Crippen LogP contribution in [-0.2, 0) is 13.2 Å². The van der Waals surface area contributed by atoms with E-state index in [1.807, 2.05) is 48.5 Å². The minimum absolute atomic E-state index is 0.195. The molecule has 0 aliphatic rings. The van der Waals surface area contributed by atoms with Crippen LogP contribution in [-0.4, -0.2) is 45.7 Å². The summed E-state index contributed by atoms with van der Waals surface area (Å²) in [5.74, 6) is 0.298. The molecule has 3 aromatic heterocycles. The Kier molecular flexibility index (Phi) is 6.07. The summed E-state index contributed by atoms with van der Waals surface area (Å²) in [6.45, 7) is 0.611. The van der Waals surface area contributed by atoms with Crippen LogP contribution in [0.3, 0.4) is 0 Å². The largest absolute Gasteiger partial charge is 0.302 e. The summed E-state index contributed by atoms with van der Waals surface area (Å²) >= 11 is 12.5. The molecule has 0 atom stereocenters. The Labute approximate surface area is 203 Å². The van der Waals surface area contributed by atoms with E-state index >= 15 is 0 Å². The number of carbonyl (C=O) groups excluding carboxylic acids is 1. The number of nitrogens with zero attached hydrogens (tertiary/aromatic N) is 8. The smallest absolute Gasteiger partial charge is 0.277 e. The van der Waals surface area contributed by atoms with Crippen LogP contribution in [0.5, 0.6) is 0 Å². The van der Waals surface area contributed by atoms with Crippen molar-refractivity contribution >= 4 is 34.9 Å². The number of aromatic nitrogens is 8. The molecule has 5 rings (SSSR count). The molecule has 0 unspecified atom stereocenters. The van der Waals surface area contributed by atoms with Crippen molar-refractivity contribution in [2.75, 3.05) is 5.32 Å². The summed E-state index contributed by atoms with van der Waals surface area (Å²) in [5.41, 5.74) is 1.94. The lowest BCUT2D eigenvalue weighted by molar-refractivity contribution is 0.102. The van der Waals surface area contributed by atoms with Crippen LogP contribution in [0.15, 0.2) is 73.1 Å². The Bertz CT molecular complexity index is 1440. The summed E-state index contributed by atoms with van der Waals surface area (Å²) in [5, 5.41) is 24.7. The van der Waals surface area contributed by atoms with Crippen LogP contribution >= 0.6 is 23.2 Å². The summed E-state index contributed by atoms with van der Waals surface area (Å²) in [4.78, 5) is 14.1. The molecule has 12 heteroatoms. The minimum Gasteiger partial charge on any atom is -0.302 e. The highest BCUT2D eigenvalue weighted by Gasteiger charge is 2.16. The van der Waals surface area contributed by atoms with E-state index in [1.165, 1.54) is 9.48 Å². The maximum atomic E-state index is 12.7. The predicted octanol–water partition coefficient (Wildman–Crippen LogP) is 3.85. The highest BCUT2D eigenvalue weighted by Crippen LogP contribution is 2.22. The molecule has 0 aliphatic heterocycles. The molecule has 0 spiro atoms. The second kappa shape index (κ2) is 9.46. The average Bonchev–Trinajstić information content (AvgIpc) is 3.58. The Hall–Kier alpha value is -4.02. The number of rotatable bonds is 7. The number of hydrogen-bond acceptors (Lipinski definition) is 6. The molecule has 34 heavy (non-hydrogen) atoms. The fourth-order valence-corrected chi connectivity index (χ4v) is 3.63. The number of benzene rings is 2. The first-order chi connectivity index (χ1) is 16.5. The van der Waals surface area contributed by atoms with E-state index in [-0.39, 0.29) is 18.2 Å². The quantitative estimate of drug-likeness (QED) is 0.368. The van der Waals surface area contributed by atoms with Gasteiger partial charge in [0, 0.05) is 23.0 Å². The van der Waals surface area contributed by atoms with Crippen molar-refractivity contribution in [3.8, 4) is 11.4 Å². The molecule has 0 fully saturated rings. The number of anilines is 1. The van der Waals surface area contributed by atoms with E-state index in [0.717, 1.165) is 11.1 Å². The third kappa shape index (κ3) is 4.82. The number of hydrogen-bond donors (Lipinski definition) is 1. The van der Waals surface area contributed by atoms with Gasteiger partial charge in [-0.05, 0) is 22.9 Å². The first-order valence-electron chi connectivity index (χ1n) is 10.2. The monoisotopic (exact) mass is 493 g/mol. The Morgan fingerprint density at radius 2 is 1.68 bits per heavy atom. The second-order valence-corrected chi connectivity index (χ2v) is 8.12. The van der Waals surface area contributed by atoms with Crippen LogP contribution in [0, 0.1) is 0 Å². The van der Waals surface area contributed by atoms with Crippen molar-refractivity contribution in [1.82, 2.24) is 39.8 Å². The lowest BCUT2D eigenvalue weighted by atomic mass is 10.2. The maximum Gasteiger partial charge on any atom is 0.277 e. The maximum absolute atomic E-state index is 12.7. The Balaban J connectivity index is 1.24. The molecular weight excluding hydrogens is 477 g/mol. The molecule has 1 amide bonds. The van der Waals surface area contributed by atoms with Crippen molar-refractivity contribution in [3.63, 3.8) is 0 Å². The van der Waals surface area contributed by atoms with Crippen molar-refractivity contribution in [2.45, 2.75) is 13.2 Å². The first kappa shape index (κ1) is 21.8. The van der Waals surface area contributed by atoms with Crippen molar-refractivity contribution < 1.29 is 4.79 Å². The van der Waals surface area contributed by atoms with Gasteiger partial charge >= 0.3 is 0 Å². The van der Waals surface area contributed by atoms with E-state index in [1.54, 1.807) is 29.2 Å².